The molecule has 0 aromatic heterocycles. The van der Waals surface area contributed by atoms with Crippen molar-refractivity contribution in [1.82, 2.24) is 9.80 Å². The van der Waals surface area contributed by atoms with Gasteiger partial charge < -0.3 is 10.0 Å². The summed E-state index contributed by atoms with van der Waals surface area (Å²) in [7, 11) is 6.54. The Morgan fingerprint density at radius 1 is 1.20 bits per heavy atom. The van der Waals surface area contributed by atoms with Gasteiger partial charge >= 0.3 is 0 Å². The fourth-order valence-corrected chi connectivity index (χ4v) is 3.86. The molecule has 0 saturated heterocycles. The molecule has 110 valence electrons. The van der Waals surface area contributed by atoms with Crippen molar-refractivity contribution in [3.05, 3.63) is 35.4 Å². The van der Waals surface area contributed by atoms with E-state index in [0.29, 0.717) is 5.54 Å². The van der Waals surface area contributed by atoms with Gasteiger partial charge in [0.1, 0.15) is 0 Å². The molecule has 2 aliphatic rings. The molecule has 0 aliphatic heterocycles. The molecule has 20 heavy (non-hydrogen) atoms. The predicted molar refractivity (Wildman–Crippen MR) is 81.8 cm³/mol. The van der Waals surface area contributed by atoms with E-state index in [9.17, 15) is 5.11 Å². The highest BCUT2D eigenvalue weighted by molar-refractivity contribution is 5.35. The summed E-state index contributed by atoms with van der Waals surface area (Å²) < 4.78 is 0. The summed E-state index contributed by atoms with van der Waals surface area (Å²) in [5, 5.41) is 10.6. The summed E-state index contributed by atoms with van der Waals surface area (Å²) in [6.07, 6.45) is 4.52. The van der Waals surface area contributed by atoms with E-state index in [0.717, 1.165) is 18.5 Å². The Morgan fingerprint density at radius 2 is 1.90 bits per heavy atom. The first kappa shape index (κ1) is 14.1. The summed E-state index contributed by atoms with van der Waals surface area (Å²) in [4.78, 5) is 4.76. The number of likely N-dealkylation sites (N-methyl/N-ethyl adjacent to an activating group) is 2. The molecule has 3 heteroatoms. The first-order chi connectivity index (χ1) is 9.53. The van der Waals surface area contributed by atoms with Crippen LogP contribution >= 0.6 is 0 Å². The van der Waals surface area contributed by atoms with Crippen molar-refractivity contribution in [2.45, 2.75) is 43.4 Å². The zero-order valence-electron chi connectivity index (χ0n) is 12.8. The van der Waals surface area contributed by atoms with E-state index < -0.39 is 0 Å². The molecule has 0 heterocycles. The minimum Gasteiger partial charge on any atom is -0.387 e. The third-order valence-electron chi connectivity index (χ3n) is 5.51. The molecule has 0 amide bonds. The highest BCUT2D eigenvalue weighted by Gasteiger charge is 2.43. The summed E-state index contributed by atoms with van der Waals surface area (Å²) in [5.41, 5.74) is 2.75. The van der Waals surface area contributed by atoms with Crippen LogP contribution in [0.4, 0.5) is 0 Å². The largest absolute Gasteiger partial charge is 0.387 e. The van der Waals surface area contributed by atoms with E-state index in [-0.39, 0.29) is 12.1 Å². The van der Waals surface area contributed by atoms with Crippen molar-refractivity contribution in [1.29, 1.82) is 0 Å². The molecular formula is C17H26N2O. The number of rotatable bonds is 4. The average molecular weight is 274 g/mol. The van der Waals surface area contributed by atoms with E-state index in [1.54, 1.807) is 0 Å². The van der Waals surface area contributed by atoms with Gasteiger partial charge in [0.15, 0.2) is 0 Å². The quantitative estimate of drug-likeness (QED) is 0.910. The van der Waals surface area contributed by atoms with Gasteiger partial charge in [0, 0.05) is 18.1 Å². The van der Waals surface area contributed by atoms with Crippen LogP contribution in [0.2, 0.25) is 0 Å². The zero-order valence-corrected chi connectivity index (χ0v) is 12.8. The third-order valence-corrected chi connectivity index (χ3v) is 5.51. The molecule has 1 fully saturated rings. The van der Waals surface area contributed by atoms with Gasteiger partial charge in [0.25, 0.3) is 0 Å². The van der Waals surface area contributed by atoms with E-state index in [1.165, 1.54) is 24.8 Å². The van der Waals surface area contributed by atoms with Crippen LogP contribution < -0.4 is 0 Å². The molecular weight excluding hydrogens is 248 g/mol. The minimum atomic E-state index is -0.338. The molecule has 0 radical (unpaired) electrons. The maximum atomic E-state index is 10.6. The Balaban J connectivity index is 1.72. The number of benzene rings is 1. The number of hydrogen-bond donors (Lipinski definition) is 1. The first-order valence-corrected chi connectivity index (χ1v) is 7.67. The van der Waals surface area contributed by atoms with Gasteiger partial charge in [-0.25, -0.2) is 0 Å². The first-order valence-electron chi connectivity index (χ1n) is 7.67. The second-order valence-electron chi connectivity index (χ2n) is 6.80. The van der Waals surface area contributed by atoms with Crippen LogP contribution in [0, 0.1) is 0 Å². The third kappa shape index (κ3) is 2.18. The molecule has 1 N–H and O–H groups in total. The monoisotopic (exact) mass is 274 g/mol. The Bertz CT molecular complexity index is 482. The maximum absolute atomic E-state index is 10.6. The van der Waals surface area contributed by atoms with E-state index >= 15 is 0 Å². The fraction of sp³-hybridized carbons (Fsp3) is 0.647. The molecule has 1 aromatic carbocycles. The van der Waals surface area contributed by atoms with Crippen molar-refractivity contribution in [3.63, 3.8) is 0 Å². The number of aliphatic hydroxyl groups is 1. The van der Waals surface area contributed by atoms with Crippen LogP contribution in [0.3, 0.4) is 0 Å². The van der Waals surface area contributed by atoms with Crippen molar-refractivity contribution in [3.8, 4) is 0 Å². The lowest BCUT2D eigenvalue weighted by atomic mass is 9.75. The van der Waals surface area contributed by atoms with Crippen molar-refractivity contribution in [2.24, 2.45) is 0 Å². The smallest absolute Gasteiger partial charge is 0.0950 e. The molecule has 1 aromatic rings. The van der Waals surface area contributed by atoms with Crippen LogP contribution in [0.15, 0.2) is 24.3 Å². The highest BCUT2D eigenvalue weighted by atomic mass is 16.3. The van der Waals surface area contributed by atoms with E-state index in [1.807, 2.05) is 6.07 Å². The van der Waals surface area contributed by atoms with Crippen LogP contribution in [0.25, 0.3) is 0 Å². The number of aliphatic hydroxyl groups excluding tert-OH is 1. The van der Waals surface area contributed by atoms with Gasteiger partial charge in [-0.2, -0.15) is 0 Å². The molecule has 2 atom stereocenters. The standard InChI is InChI=1S/C17H26N2O/c1-18(2)17(9-6-10-17)12-19(3)15-11-13-7-4-5-8-14(13)16(15)20/h4-5,7-8,15-16,20H,6,9-12H2,1-3H3. The van der Waals surface area contributed by atoms with Gasteiger partial charge in [-0.05, 0) is 58.0 Å². The van der Waals surface area contributed by atoms with Gasteiger partial charge in [0.05, 0.1) is 6.10 Å². The molecule has 2 unspecified atom stereocenters. The lowest BCUT2D eigenvalue weighted by molar-refractivity contribution is -0.00653. The van der Waals surface area contributed by atoms with Gasteiger partial charge in [-0.1, -0.05) is 24.3 Å². The summed E-state index contributed by atoms with van der Waals surface area (Å²) >= 11 is 0. The van der Waals surface area contributed by atoms with Crippen LogP contribution in [0.1, 0.15) is 36.5 Å². The number of nitrogens with zero attached hydrogens (tertiary/aromatic N) is 2. The lowest BCUT2D eigenvalue weighted by Crippen LogP contribution is -2.58. The Hall–Kier alpha value is -0.900. The van der Waals surface area contributed by atoms with Gasteiger partial charge in [-0.3, -0.25) is 4.90 Å². The predicted octanol–water partition coefficient (Wildman–Crippen LogP) is 2.06. The van der Waals surface area contributed by atoms with Crippen molar-refractivity contribution < 1.29 is 5.11 Å². The molecule has 3 rings (SSSR count). The molecule has 0 bridgehead atoms. The van der Waals surface area contributed by atoms with Crippen LogP contribution in [0.5, 0.6) is 0 Å². The SMILES string of the molecule is CN(CC1(N(C)C)CCC1)C1Cc2ccccc2C1O. The lowest BCUT2D eigenvalue weighted by Gasteiger charge is -2.50. The average Bonchev–Trinajstić information content (AvgIpc) is 2.71. The topological polar surface area (TPSA) is 26.7 Å². The second kappa shape index (κ2) is 5.14. The number of fused-ring (bicyclic) bond motifs is 1. The Morgan fingerprint density at radius 3 is 2.45 bits per heavy atom. The van der Waals surface area contributed by atoms with E-state index in [2.05, 4.69) is 49.1 Å². The second-order valence-corrected chi connectivity index (χ2v) is 6.80. The Kier molecular flexibility index (Phi) is 3.61. The fourth-order valence-electron chi connectivity index (χ4n) is 3.86. The molecule has 3 nitrogen and oxygen atoms in total. The maximum Gasteiger partial charge on any atom is 0.0950 e. The molecule has 2 aliphatic carbocycles. The molecule has 1 saturated carbocycles. The van der Waals surface area contributed by atoms with Crippen LogP contribution in [-0.4, -0.2) is 54.2 Å². The van der Waals surface area contributed by atoms with Crippen molar-refractivity contribution in [2.75, 3.05) is 27.7 Å². The van der Waals surface area contributed by atoms with E-state index in [4.69, 9.17) is 0 Å². The minimum absolute atomic E-state index is 0.227. The van der Waals surface area contributed by atoms with Crippen LogP contribution in [-0.2, 0) is 6.42 Å². The Labute approximate surface area is 122 Å². The molecule has 0 spiro atoms. The van der Waals surface area contributed by atoms with Crippen molar-refractivity contribution >= 4 is 0 Å². The number of hydrogen-bond acceptors (Lipinski definition) is 3. The van der Waals surface area contributed by atoms with Gasteiger partial charge in [-0.15, -0.1) is 0 Å². The highest BCUT2D eigenvalue weighted by Crippen LogP contribution is 2.39. The summed E-state index contributed by atoms with van der Waals surface area (Å²) in [6.45, 7) is 1.05. The summed E-state index contributed by atoms with van der Waals surface area (Å²) in [6, 6.07) is 8.54. The summed E-state index contributed by atoms with van der Waals surface area (Å²) in [5.74, 6) is 0. The zero-order chi connectivity index (χ0) is 14.3. The normalized spacial score (nSPS) is 27.7. The van der Waals surface area contributed by atoms with Gasteiger partial charge in [0.2, 0.25) is 0 Å².